The number of aromatic nitrogens is 1. The lowest BCUT2D eigenvalue weighted by molar-refractivity contribution is -0.765. The van der Waals surface area contributed by atoms with Gasteiger partial charge in [-0.3, -0.25) is 4.79 Å². The standard InChI is InChI=1S/C19H18N2O7/c22-8-14-15(23)16(24)18(28-14)21-5-1-2-10(7-21)17(25)20-12-4-3-11-9-27-19(26)13(11)6-12/h1-7,14-16,18,22-24H,8-9H2/p+1/t14-,15-,16-,18-/m1/s1. The van der Waals surface area contributed by atoms with Crippen molar-refractivity contribution in [3.63, 3.8) is 0 Å². The summed E-state index contributed by atoms with van der Waals surface area (Å²) in [5.74, 6) is -0.847. The van der Waals surface area contributed by atoms with E-state index in [0.717, 1.165) is 5.56 Å². The Morgan fingerprint density at radius 2 is 2.07 bits per heavy atom. The summed E-state index contributed by atoms with van der Waals surface area (Å²) in [6.07, 6.45) is -1.26. The number of fused-ring (bicyclic) bond motifs is 1. The quantitative estimate of drug-likeness (QED) is 0.411. The van der Waals surface area contributed by atoms with Crippen molar-refractivity contribution in [2.24, 2.45) is 0 Å². The number of aliphatic hydroxyl groups excluding tert-OH is 3. The number of hydrogen-bond donors (Lipinski definition) is 4. The van der Waals surface area contributed by atoms with Gasteiger partial charge in [-0.25, -0.2) is 4.79 Å². The van der Waals surface area contributed by atoms with Gasteiger partial charge in [0.15, 0.2) is 18.5 Å². The van der Waals surface area contributed by atoms with Crippen LogP contribution in [0.3, 0.4) is 0 Å². The molecule has 4 atom stereocenters. The third-order valence-electron chi connectivity index (χ3n) is 4.84. The first-order chi connectivity index (χ1) is 13.5. The Hall–Kier alpha value is -2.85. The lowest BCUT2D eigenvalue weighted by Crippen LogP contribution is -2.46. The molecule has 0 saturated carbocycles. The van der Waals surface area contributed by atoms with E-state index in [0.29, 0.717) is 11.3 Å². The first-order valence-electron chi connectivity index (χ1n) is 8.72. The number of rotatable bonds is 4. The van der Waals surface area contributed by atoms with Crippen LogP contribution in [0, 0.1) is 0 Å². The summed E-state index contributed by atoms with van der Waals surface area (Å²) >= 11 is 0. The summed E-state index contributed by atoms with van der Waals surface area (Å²) in [4.78, 5) is 24.3. The second-order valence-electron chi connectivity index (χ2n) is 6.67. The molecule has 1 saturated heterocycles. The number of anilines is 1. The Labute approximate surface area is 159 Å². The van der Waals surface area contributed by atoms with Crippen molar-refractivity contribution in [1.29, 1.82) is 0 Å². The number of pyridine rings is 1. The number of nitrogens with zero attached hydrogens (tertiary/aromatic N) is 1. The fourth-order valence-corrected chi connectivity index (χ4v) is 3.31. The minimum atomic E-state index is -1.25. The van der Waals surface area contributed by atoms with Gasteiger partial charge in [-0.05, 0) is 18.2 Å². The number of carbonyl (C=O) groups excluding carboxylic acids is 2. The molecule has 2 aromatic rings. The highest BCUT2D eigenvalue weighted by Gasteiger charge is 2.48. The highest BCUT2D eigenvalue weighted by atomic mass is 16.6. The van der Waals surface area contributed by atoms with Crippen LogP contribution in [-0.4, -0.2) is 52.1 Å². The van der Waals surface area contributed by atoms with Crippen LogP contribution in [0.5, 0.6) is 0 Å². The summed E-state index contributed by atoms with van der Waals surface area (Å²) in [6.45, 7) is -0.207. The molecule has 0 bridgehead atoms. The highest BCUT2D eigenvalue weighted by molar-refractivity contribution is 6.04. The van der Waals surface area contributed by atoms with Gasteiger partial charge in [0.05, 0.1) is 12.2 Å². The number of amides is 1. The Morgan fingerprint density at radius 1 is 1.25 bits per heavy atom. The predicted octanol–water partition coefficient (Wildman–Crippen LogP) is -0.492. The van der Waals surface area contributed by atoms with Gasteiger partial charge in [0.2, 0.25) is 0 Å². The molecule has 1 aromatic carbocycles. The van der Waals surface area contributed by atoms with E-state index in [4.69, 9.17) is 9.47 Å². The second kappa shape index (κ2) is 7.28. The van der Waals surface area contributed by atoms with E-state index in [1.165, 1.54) is 10.8 Å². The van der Waals surface area contributed by atoms with Crippen molar-refractivity contribution in [2.45, 2.75) is 31.1 Å². The van der Waals surface area contributed by atoms with Gasteiger partial charge in [-0.2, -0.15) is 4.57 Å². The maximum Gasteiger partial charge on any atom is 0.338 e. The Morgan fingerprint density at radius 3 is 2.82 bits per heavy atom. The van der Waals surface area contributed by atoms with Gasteiger partial charge in [0.1, 0.15) is 24.4 Å². The van der Waals surface area contributed by atoms with Crippen molar-refractivity contribution >= 4 is 17.6 Å². The molecule has 4 N–H and O–H groups in total. The van der Waals surface area contributed by atoms with Crippen molar-refractivity contribution in [3.8, 4) is 0 Å². The minimum absolute atomic E-state index is 0.228. The molecule has 28 heavy (non-hydrogen) atoms. The zero-order chi connectivity index (χ0) is 19.8. The smallest absolute Gasteiger partial charge is 0.338 e. The zero-order valence-corrected chi connectivity index (χ0v) is 14.7. The number of aliphatic hydroxyl groups is 3. The summed E-state index contributed by atoms with van der Waals surface area (Å²) in [6, 6.07) is 8.14. The topological polar surface area (TPSA) is 129 Å². The van der Waals surface area contributed by atoms with Gasteiger partial charge in [-0.1, -0.05) is 6.07 Å². The van der Waals surface area contributed by atoms with E-state index in [-0.39, 0.29) is 12.2 Å². The van der Waals surface area contributed by atoms with Gasteiger partial charge >= 0.3 is 5.97 Å². The third kappa shape index (κ3) is 3.25. The fourth-order valence-electron chi connectivity index (χ4n) is 3.31. The Kier molecular flexibility index (Phi) is 4.82. The molecule has 0 spiro atoms. The number of hydrogen-bond acceptors (Lipinski definition) is 7. The maximum absolute atomic E-state index is 12.6. The largest absolute Gasteiger partial charge is 0.457 e. The van der Waals surface area contributed by atoms with Crippen LogP contribution in [0.2, 0.25) is 0 Å². The SMILES string of the molecule is O=C(Nc1ccc2c(c1)C(=O)OC2)c1ccc[n+]([C@@H]2O[C@H](CO)[C@@H](O)[C@H]2O)c1. The lowest BCUT2D eigenvalue weighted by atomic mass is 10.1. The van der Waals surface area contributed by atoms with E-state index in [2.05, 4.69) is 5.32 Å². The summed E-state index contributed by atoms with van der Waals surface area (Å²) < 4.78 is 11.9. The van der Waals surface area contributed by atoms with Gasteiger partial charge in [-0.15, -0.1) is 0 Å². The monoisotopic (exact) mass is 387 g/mol. The average molecular weight is 387 g/mol. The maximum atomic E-state index is 12.6. The van der Waals surface area contributed by atoms with E-state index in [1.807, 2.05) is 0 Å². The minimum Gasteiger partial charge on any atom is -0.457 e. The number of nitrogens with one attached hydrogen (secondary N) is 1. The number of esters is 1. The molecule has 4 rings (SSSR count). The Balaban J connectivity index is 1.53. The molecule has 9 heteroatoms. The summed E-state index contributed by atoms with van der Waals surface area (Å²) in [5, 5.41) is 32.0. The van der Waals surface area contributed by atoms with Crippen LogP contribution in [0.15, 0.2) is 42.7 Å². The summed E-state index contributed by atoms with van der Waals surface area (Å²) in [5.41, 5.74) is 1.92. The van der Waals surface area contributed by atoms with Crippen molar-refractivity contribution in [3.05, 3.63) is 59.4 Å². The molecule has 3 heterocycles. The summed E-state index contributed by atoms with van der Waals surface area (Å²) in [7, 11) is 0. The molecule has 1 fully saturated rings. The predicted molar refractivity (Wildman–Crippen MR) is 93.2 cm³/mol. The number of benzene rings is 1. The normalized spacial score (nSPS) is 26.0. The first kappa shape index (κ1) is 18.5. The Bertz CT molecular complexity index is 932. The molecule has 0 aliphatic carbocycles. The van der Waals surface area contributed by atoms with Gasteiger partial charge in [0.25, 0.3) is 12.1 Å². The molecule has 146 valence electrons. The van der Waals surface area contributed by atoms with Gasteiger partial charge in [0, 0.05) is 17.3 Å². The van der Waals surface area contributed by atoms with Gasteiger partial charge < -0.3 is 30.1 Å². The number of carbonyl (C=O) groups is 2. The molecular weight excluding hydrogens is 368 g/mol. The number of cyclic esters (lactones) is 1. The van der Waals surface area contributed by atoms with E-state index >= 15 is 0 Å². The molecule has 0 unspecified atom stereocenters. The van der Waals surface area contributed by atoms with Crippen LogP contribution in [-0.2, 0) is 16.1 Å². The molecule has 1 amide bonds. The van der Waals surface area contributed by atoms with Crippen LogP contribution in [0.4, 0.5) is 5.69 Å². The number of ether oxygens (including phenoxy) is 2. The van der Waals surface area contributed by atoms with Crippen molar-refractivity contribution in [1.82, 2.24) is 0 Å². The van der Waals surface area contributed by atoms with E-state index in [9.17, 15) is 24.9 Å². The van der Waals surface area contributed by atoms with Crippen molar-refractivity contribution < 1.29 is 38.9 Å². The molecular formula is C19H19N2O7+. The third-order valence-corrected chi connectivity index (χ3v) is 4.84. The highest BCUT2D eigenvalue weighted by Crippen LogP contribution is 2.26. The second-order valence-corrected chi connectivity index (χ2v) is 6.67. The molecule has 2 aliphatic heterocycles. The van der Waals surface area contributed by atoms with Crippen LogP contribution in [0.1, 0.15) is 32.5 Å². The lowest BCUT2D eigenvalue weighted by Gasteiger charge is -2.11. The van der Waals surface area contributed by atoms with Crippen LogP contribution < -0.4 is 9.88 Å². The molecule has 1 aromatic heterocycles. The average Bonchev–Trinajstić information content (AvgIpc) is 3.22. The van der Waals surface area contributed by atoms with Crippen molar-refractivity contribution in [2.75, 3.05) is 11.9 Å². The molecule has 0 radical (unpaired) electrons. The van der Waals surface area contributed by atoms with Crippen LogP contribution in [0.25, 0.3) is 0 Å². The van der Waals surface area contributed by atoms with E-state index < -0.39 is 43.0 Å². The fraction of sp³-hybridized carbons (Fsp3) is 0.316. The first-order valence-corrected chi connectivity index (χ1v) is 8.72. The zero-order valence-electron chi connectivity index (χ0n) is 14.7. The molecule has 9 nitrogen and oxygen atoms in total. The van der Waals surface area contributed by atoms with Crippen LogP contribution >= 0.6 is 0 Å². The van der Waals surface area contributed by atoms with E-state index in [1.54, 1.807) is 36.5 Å². The molecule has 2 aliphatic rings.